The van der Waals surface area contributed by atoms with Crippen molar-refractivity contribution >= 4 is 11.0 Å². The van der Waals surface area contributed by atoms with Gasteiger partial charge in [0.25, 0.3) is 0 Å². The summed E-state index contributed by atoms with van der Waals surface area (Å²) in [7, 11) is 0. The molecule has 0 atom stereocenters. The zero-order valence-corrected chi connectivity index (χ0v) is 16.5. The van der Waals surface area contributed by atoms with Crippen LogP contribution in [0.2, 0.25) is 0 Å². The molecular weight excluding hydrogens is 369 g/mol. The summed E-state index contributed by atoms with van der Waals surface area (Å²) in [6.07, 6.45) is 5.77. The molecule has 1 aromatic heterocycles. The monoisotopic (exact) mass is 395 g/mol. The number of halogens is 1. The normalized spacial score (nSPS) is 15.6. The molecule has 0 N–H and O–H groups in total. The standard InChI is InChI=1S/C24H26FNO3/c25-20-4-2-18(3-5-20)16-19-8-12-26(13-9-19)11-1-14-28-21-6-7-22-23(27)10-15-29-24(22)17-21/h2-7,10,15,17,19H,1,8-9,11-14,16H2. The summed E-state index contributed by atoms with van der Waals surface area (Å²) >= 11 is 0. The number of benzene rings is 2. The van der Waals surface area contributed by atoms with Crippen molar-refractivity contribution < 1.29 is 13.5 Å². The van der Waals surface area contributed by atoms with Gasteiger partial charge in [0, 0.05) is 18.7 Å². The van der Waals surface area contributed by atoms with Gasteiger partial charge >= 0.3 is 0 Å². The molecule has 0 amide bonds. The Bertz CT molecular complexity index is 991. The minimum atomic E-state index is -0.168. The summed E-state index contributed by atoms with van der Waals surface area (Å²) in [6.45, 7) is 3.87. The van der Waals surface area contributed by atoms with Crippen LogP contribution in [0.25, 0.3) is 11.0 Å². The molecule has 0 spiro atoms. The van der Waals surface area contributed by atoms with Gasteiger partial charge in [-0.15, -0.1) is 0 Å². The van der Waals surface area contributed by atoms with Crippen molar-refractivity contribution in [3.63, 3.8) is 0 Å². The van der Waals surface area contributed by atoms with E-state index in [9.17, 15) is 9.18 Å². The molecule has 0 aliphatic carbocycles. The van der Waals surface area contributed by atoms with Gasteiger partial charge in [0.2, 0.25) is 0 Å². The van der Waals surface area contributed by atoms with E-state index in [1.165, 1.54) is 30.7 Å². The van der Waals surface area contributed by atoms with E-state index in [2.05, 4.69) is 4.90 Å². The van der Waals surface area contributed by atoms with E-state index in [4.69, 9.17) is 9.15 Å². The van der Waals surface area contributed by atoms with Gasteiger partial charge in [0.15, 0.2) is 5.43 Å². The number of hydrogen-bond acceptors (Lipinski definition) is 4. The fraction of sp³-hybridized carbons (Fsp3) is 0.375. The molecule has 29 heavy (non-hydrogen) atoms. The number of rotatable bonds is 7. The maximum absolute atomic E-state index is 13.0. The summed E-state index contributed by atoms with van der Waals surface area (Å²) in [4.78, 5) is 14.2. The van der Waals surface area contributed by atoms with Gasteiger partial charge in [-0.1, -0.05) is 12.1 Å². The Morgan fingerprint density at radius 3 is 2.66 bits per heavy atom. The average molecular weight is 395 g/mol. The second-order valence-corrected chi connectivity index (χ2v) is 7.76. The molecular formula is C24H26FNO3. The van der Waals surface area contributed by atoms with Crippen molar-refractivity contribution in [1.29, 1.82) is 0 Å². The van der Waals surface area contributed by atoms with Crippen LogP contribution in [0, 0.1) is 11.7 Å². The first-order chi connectivity index (χ1) is 14.2. The smallest absolute Gasteiger partial charge is 0.192 e. The van der Waals surface area contributed by atoms with Gasteiger partial charge < -0.3 is 14.1 Å². The summed E-state index contributed by atoms with van der Waals surface area (Å²) in [6, 6.07) is 13.7. The van der Waals surface area contributed by atoms with E-state index in [0.29, 0.717) is 23.5 Å². The average Bonchev–Trinajstić information content (AvgIpc) is 2.74. The van der Waals surface area contributed by atoms with Gasteiger partial charge in [-0.3, -0.25) is 4.79 Å². The molecule has 0 radical (unpaired) electrons. The lowest BCUT2D eigenvalue weighted by molar-refractivity contribution is 0.170. The van der Waals surface area contributed by atoms with Crippen molar-refractivity contribution in [2.45, 2.75) is 25.7 Å². The number of fused-ring (bicyclic) bond motifs is 1. The van der Waals surface area contributed by atoms with Crippen molar-refractivity contribution in [3.05, 3.63) is 76.4 Å². The fourth-order valence-corrected chi connectivity index (χ4v) is 4.00. The zero-order valence-electron chi connectivity index (χ0n) is 16.5. The molecule has 1 aliphatic heterocycles. The number of likely N-dealkylation sites (tertiary alicyclic amines) is 1. The van der Waals surface area contributed by atoms with Crippen molar-refractivity contribution in [2.24, 2.45) is 5.92 Å². The first-order valence-electron chi connectivity index (χ1n) is 10.3. The SMILES string of the molecule is O=c1ccoc2cc(OCCCN3CCC(Cc4ccc(F)cc4)CC3)ccc12. The van der Waals surface area contributed by atoms with Crippen LogP contribution in [0.3, 0.4) is 0 Å². The Balaban J connectivity index is 1.17. The molecule has 2 aromatic carbocycles. The van der Waals surface area contributed by atoms with Gasteiger partial charge in [0.1, 0.15) is 17.1 Å². The quantitative estimate of drug-likeness (QED) is 0.546. The van der Waals surface area contributed by atoms with E-state index in [0.717, 1.165) is 38.2 Å². The van der Waals surface area contributed by atoms with Crippen molar-refractivity contribution in [1.82, 2.24) is 4.90 Å². The van der Waals surface area contributed by atoms with E-state index in [1.54, 1.807) is 24.3 Å². The van der Waals surface area contributed by atoms with E-state index in [-0.39, 0.29) is 11.2 Å². The molecule has 4 rings (SSSR count). The molecule has 1 fully saturated rings. The maximum Gasteiger partial charge on any atom is 0.192 e. The van der Waals surface area contributed by atoms with Crippen LogP contribution in [-0.2, 0) is 6.42 Å². The highest BCUT2D eigenvalue weighted by molar-refractivity contribution is 5.77. The molecule has 0 bridgehead atoms. The van der Waals surface area contributed by atoms with Crippen molar-refractivity contribution in [3.8, 4) is 5.75 Å². The van der Waals surface area contributed by atoms with Gasteiger partial charge in [0.05, 0.1) is 18.3 Å². The topological polar surface area (TPSA) is 42.7 Å². The predicted octanol–water partition coefficient (Wildman–Crippen LogP) is 4.66. The van der Waals surface area contributed by atoms with Crippen LogP contribution in [0.15, 0.2) is 64.0 Å². The molecule has 152 valence electrons. The Morgan fingerprint density at radius 1 is 1.07 bits per heavy atom. The van der Waals surface area contributed by atoms with Gasteiger partial charge in [-0.05, 0) is 74.5 Å². The third kappa shape index (κ3) is 5.24. The lowest BCUT2D eigenvalue weighted by Crippen LogP contribution is -2.35. The van der Waals surface area contributed by atoms with Crippen LogP contribution in [-0.4, -0.2) is 31.1 Å². The summed E-state index contributed by atoms with van der Waals surface area (Å²) in [5.41, 5.74) is 1.74. The Hall–Kier alpha value is -2.66. The summed E-state index contributed by atoms with van der Waals surface area (Å²) < 4.78 is 24.2. The summed E-state index contributed by atoms with van der Waals surface area (Å²) in [5, 5.41) is 0.573. The highest BCUT2D eigenvalue weighted by Crippen LogP contribution is 2.22. The minimum absolute atomic E-state index is 0.0411. The molecule has 5 heteroatoms. The zero-order chi connectivity index (χ0) is 20.1. The van der Waals surface area contributed by atoms with Crippen molar-refractivity contribution in [2.75, 3.05) is 26.2 Å². The van der Waals surface area contributed by atoms with Gasteiger partial charge in [-0.2, -0.15) is 0 Å². The predicted molar refractivity (Wildman–Crippen MR) is 112 cm³/mol. The second-order valence-electron chi connectivity index (χ2n) is 7.76. The molecule has 1 aliphatic rings. The third-order valence-electron chi connectivity index (χ3n) is 5.67. The summed E-state index contributed by atoms with van der Waals surface area (Å²) in [5.74, 6) is 1.24. The largest absolute Gasteiger partial charge is 0.493 e. The highest BCUT2D eigenvalue weighted by Gasteiger charge is 2.19. The highest BCUT2D eigenvalue weighted by atomic mass is 19.1. The molecule has 0 saturated carbocycles. The van der Waals surface area contributed by atoms with Crippen LogP contribution >= 0.6 is 0 Å². The third-order valence-corrected chi connectivity index (χ3v) is 5.67. The van der Waals surface area contributed by atoms with E-state index >= 15 is 0 Å². The first kappa shape index (κ1) is 19.6. The van der Waals surface area contributed by atoms with Crippen LogP contribution in [0.1, 0.15) is 24.8 Å². The molecule has 1 saturated heterocycles. The fourth-order valence-electron chi connectivity index (χ4n) is 4.00. The number of hydrogen-bond donors (Lipinski definition) is 0. The molecule has 2 heterocycles. The number of ether oxygens (including phenoxy) is 1. The maximum atomic E-state index is 13.0. The van der Waals surface area contributed by atoms with Crippen LogP contribution < -0.4 is 10.2 Å². The lowest BCUT2D eigenvalue weighted by Gasteiger charge is -2.32. The minimum Gasteiger partial charge on any atom is -0.493 e. The van der Waals surface area contributed by atoms with E-state index in [1.807, 2.05) is 18.2 Å². The lowest BCUT2D eigenvalue weighted by atomic mass is 9.90. The Kier molecular flexibility index (Phi) is 6.25. The Labute approximate surface area is 169 Å². The second kappa shape index (κ2) is 9.23. The molecule has 3 aromatic rings. The molecule has 0 unspecified atom stereocenters. The Morgan fingerprint density at radius 2 is 1.86 bits per heavy atom. The molecule has 4 nitrogen and oxygen atoms in total. The van der Waals surface area contributed by atoms with Gasteiger partial charge in [-0.25, -0.2) is 4.39 Å². The first-order valence-corrected chi connectivity index (χ1v) is 10.3. The van der Waals surface area contributed by atoms with E-state index < -0.39 is 0 Å². The number of nitrogens with zero attached hydrogens (tertiary/aromatic N) is 1. The van der Waals surface area contributed by atoms with Crippen LogP contribution in [0.5, 0.6) is 5.75 Å². The van der Waals surface area contributed by atoms with Crippen LogP contribution in [0.4, 0.5) is 4.39 Å². The number of piperidine rings is 1.